The van der Waals surface area contributed by atoms with Crippen molar-refractivity contribution in [1.82, 2.24) is 0 Å². The second-order valence-electron chi connectivity index (χ2n) is 3.84. The van der Waals surface area contributed by atoms with Crippen LogP contribution in [0.5, 0.6) is 0 Å². The van der Waals surface area contributed by atoms with Crippen LogP contribution in [0.1, 0.15) is 15.9 Å². The van der Waals surface area contributed by atoms with Gasteiger partial charge in [-0.1, -0.05) is 34.1 Å². The topological polar surface area (TPSA) is 17.1 Å². The van der Waals surface area contributed by atoms with Crippen LogP contribution in [0.4, 0.5) is 8.78 Å². The summed E-state index contributed by atoms with van der Waals surface area (Å²) in [6.45, 7) is 0. The molecule has 19 heavy (non-hydrogen) atoms. The zero-order valence-electron chi connectivity index (χ0n) is 9.74. The molecule has 0 radical (unpaired) electrons. The van der Waals surface area contributed by atoms with Gasteiger partial charge in [0.15, 0.2) is 5.78 Å². The van der Waals surface area contributed by atoms with E-state index < -0.39 is 11.6 Å². The molecule has 0 aliphatic rings. The van der Waals surface area contributed by atoms with Crippen molar-refractivity contribution in [3.63, 3.8) is 0 Å². The highest BCUT2D eigenvalue weighted by Crippen LogP contribution is 2.16. The van der Waals surface area contributed by atoms with E-state index >= 15 is 0 Å². The highest BCUT2D eigenvalue weighted by molar-refractivity contribution is 9.10. The van der Waals surface area contributed by atoms with Gasteiger partial charge in [0, 0.05) is 15.6 Å². The quantitative estimate of drug-likeness (QED) is 0.595. The maximum Gasteiger partial charge on any atom is 0.185 e. The SMILES string of the molecule is O=C(/C=C/c1c(F)cccc1F)c1cccc(Br)c1. The molecule has 0 aliphatic carbocycles. The van der Waals surface area contributed by atoms with Crippen molar-refractivity contribution in [1.29, 1.82) is 0 Å². The van der Waals surface area contributed by atoms with Crippen molar-refractivity contribution in [3.8, 4) is 0 Å². The van der Waals surface area contributed by atoms with Gasteiger partial charge in [-0.05, 0) is 36.4 Å². The zero-order valence-corrected chi connectivity index (χ0v) is 11.3. The summed E-state index contributed by atoms with van der Waals surface area (Å²) < 4.78 is 27.5. The van der Waals surface area contributed by atoms with Crippen molar-refractivity contribution in [2.24, 2.45) is 0 Å². The Hall–Kier alpha value is -1.81. The van der Waals surface area contributed by atoms with Crippen molar-refractivity contribution < 1.29 is 13.6 Å². The van der Waals surface area contributed by atoms with E-state index in [-0.39, 0.29) is 11.3 Å². The van der Waals surface area contributed by atoms with E-state index in [1.54, 1.807) is 24.3 Å². The molecule has 2 rings (SSSR count). The molecule has 0 amide bonds. The first-order valence-corrected chi connectivity index (χ1v) is 6.29. The lowest BCUT2D eigenvalue weighted by Gasteiger charge is -1.99. The fourth-order valence-corrected chi connectivity index (χ4v) is 1.97. The molecule has 0 heterocycles. The Labute approximate surface area is 117 Å². The number of rotatable bonds is 3. The number of hydrogen-bond donors (Lipinski definition) is 0. The van der Waals surface area contributed by atoms with E-state index in [1.807, 2.05) is 0 Å². The second kappa shape index (κ2) is 5.89. The third kappa shape index (κ3) is 3.35. The summed E-state index contributed by atoms with van der Waals surface area (Å²) in [6.07, 6.45) is 2.30. The predicted molar refractivity (Wildman–Crippen MR) is 73.9 cm³/mol. The molecule has 0 atom stereocenters. The molecule has 2 aromatic carbocycles. The van der Waals surface area contributed by atoms with E-state index in [1.165, 1.54) is 6.07 Å². The third-order valence-electron chi connectivity index (χ3n) is 2.51. The zero-order chi connectivity index (χ0) is 13.8. The second-order valence-corrected chi connectivity index (χ2v) is 4.76. The maximum absolute atomic E-state index is 13.4. The van der Waals surface area contributed by atoms with E-state index in [2.05, 4.69) is 15.9 Å². The minimum absolute atomic E-state index is 0.217. The van der Waals surface area contributed by atoms with Crippen LogP contribution in [0.25, 0.3) is 6.08 Å². The largest absolute Gasteiger partial charge is 0.289 e. The summed E-state index contributed by atoms with van der Waals surface area (Å²) in [4.78, 5) is 11.8. The smallest absolute Gasteiger partial charge is 0.185 e. The minimum atomic E-state index is -0.696. The van der Waals surface area contributed by atoms with Crippen LogP contribution in [0, 0.1) is 11.6 Å². The lowest BCUT2D eigenvalue weighted by molar-refractivity contribution is 0.104. The van der Waals surface area contributed by atoms with Crippen LogP contribution in [-0.4, -0.2) is 5.78 Å². The molecule has 4 heteroatoms. The molecule has 0 saturated carbocycles. The van der Waals surface area contributed by atoms with Crippen LogP contribution in [0.15, 0.2) is 53.0 Å². The average Bonchev–Trinajstić information content (AvgIpc) is 2.38. The van der Waals surface area contributed by atoms with Gasteiger partial charge in [0.1, 0.15) is 11.6 Å². The van der Waals surface area contributed by atoms with Crippen molar-refractivity contribution in [2.45, 2.75) is 0 Å². The van der Waals surface area contributed by atoms with Gasteiger partial charge in [-0.2, -0.15) is 0 Å². The lowest BCUT2D eigenvalue weighted by atomic mass is 10.1. The van der Waals surface area contributed by atoms with Gasteiger partial charge in [0.2, 0.25) is 0 Å². The normalized spacial score (nSPS) is 10.9. The minimum Gasteiger partial charge on any atom is -0.289 e. The van der Waals surface area contributed by atoms with E-state index in [0.717, 1.165) is 28.8 Å². The summed E-state index contributed by atoms with van der Waals surface area (Å²) in [5.41, 5.74) is 0.230. The van der Waals surface area contributed by atoms with E-state index in [4.69, 9.17) is 0 Å². The van der Waals surface area contributed by atoms with Crippen LogP contribution in [0.3, 0.4) is 0 Å². The van der Waals surface area contributed by atoms with Crippen molar-refractivity contribution in [2.75, 3.05) is 0 Å². The molecule has 0 aliphatic heterocycles. The van der Waals surface area contributed by atoms with Gasteiger partial charge >= 0.3 is 0 Å². The Balaban J connectivity index is 2.26. The fourth-order valence-electron chi connectivity index (χ4n) is 1.57. The molecule has 2 aromatic rings. The Bertz CT molecular complexity index is 630. The van der Waals surface area contributed by atoms with Crippen LogP contribution in [-0.2, 0) is 0 Å². The lowest BCUT2D eigenvalue weighted by Crippen LogP contribution is -1.95. The molecule has 1 nitrogen and oxygen atoms in total. The molecule has 0 aromatic heterocycles. The summed E-state index contributed by atoms with van der Waals surface area (Å²) in [5.74, 6) is -1.71. The van der Waals surface area contributed by atoms with Crippen molar-refractivity contribution in [3.05, 3.63) is 75.8 Å². The Morgan fingerprint density at radius 2 is 1.68 bits per heavy atom. The van der Waals surface area contributed by atoms with E-state index in [0.29, 0.717) is 5.56 Å². The van der Waals surface area contributed by atoms with Gasteiger partial charge in [0.05, 0.1) is 0 Å². The third-order valence-corrected chi connectivity index (χ3v) is 3.00. The van der Waals surface area contributed by atoms with Gasteiger partial charge in [0.25, 0.3) is 0 Å². The van der Waals surface area contributed by atoms with Crippen LogP contribution in [0.2, 0.25) is 0 Å². The van der Waals surface area contributed by atoms with E-state index in [9.17, 15) is 13.6 Å². The summed E-state index contributed by atoms with van der Waals surface area (Å²) in [6, 6.07) is 10.3. The molecule has 0 saturated heterocycles. The molecule has 0 spiro atoms. The number of benzene rings is 2. The first kappa shape index (κ1) is 13.6. The predicted octanol–water partition coefficient (Wildman–Crippen LogP) is 4.62. The molecule has 0 bridgehead atoms. The van der Waals surface area contributed by atoms with Gasteiger partial charge in [-0.15, -0.1) is 0 Å². The molecule has 0 fully saturated rings. The number of hydrogen-bond acceptors (Lipinski definition) is 1. The van der Waals surface area contributed by atoms with Crippen molar-refractivity contribution >= 4 is 27.8 Å². The van der Waals surface area contributed by atoms with Gasteiger partial charge < -0.3 is 0 Å². The number of carbonyl (C=O) groups is 1. The highest BCUT2D eigenvalue weighted by atomic mass is 79.9. The molecule has 96 valence electrons. The average molecular weight is 323 g/mol. The molecule has 0 N–H and O–H groups in total. The monoisotopic (exact) mass is 322 g/mol. The Kier molecular flexibility index (Phi) is 4.22. The highest BCUT2D eigenvalue weighted by Gasteiger charge is 2.06. The molecule has 0 unspecified atom stereocenters. The maximum atomic E-state index is 13.4. The van der Waals surface area contributed by atoms with Crippen LogP contribution >= 0.6 is 15.9 Å². The summed E-state index contributed by atoms with van der Waals surface area (Å²) >= 11 is 3.25. The Morgan fingerprint density at radius 3 is 2.32 bits per heavy atom. The van der Waals surface area contributed by atoms with Gasteiger partial charge in [-0.25, -0.2) is 8.78 Å². The van der Waals surface area contributed by atoms with Crippen LogP contribution < -0.4 is 0 Å². The molecular formula is C15H9BrF2O. The first-order chi connectivity index (χ1) is 9.08. The summed E-state index contributed by atoms with van der Waals surface area (Å²) in [7, 11) is 0. The number of carbonyl (C=O) groups excluding carboxylic acids is 1. The number of allylic oxidation sites excluding steroid dienone is 1. The first-order valence-electron chi connectivity index (χ1n) is 5.50. The fraction of sp³-hybridized carbons (Fsp3) is 0. The van der Waals surface area contributed by atoms with Gasteiger partial charge in [-0.3, -0.25) is 4.79 Å². The molecular weight excluding hydrogens is 314 g/mol. The Morgan fingerprint density at radius 1 is 1.05 bits per heavy atom. The number of halogens is 3. The number of ketones is 1. The summed E-state index contributed by atoms with van der Waals surface area (Å²) in [5, 5.41) is 0. The standard InChI is InChI=1S/C15H9BrF2O/c16-11-4-1-3-10(9-11)15(19)8-7-12-13(17)5-2-6-14(12)18/h1-9H/b8-7+.